The van der Waals surface area contributed by atoms with Crippen LogP contribution in [0.5, 0.6) is 5.75 Å². The number of carbonyl (C=O) groups is 4. The number of benzene rings is 2. The number of anilines is 1. The molecular weight excluding hydrogens is 560 g/mol. The summed E-state index contributed by atoms with van der Waals surface area (Å²) in [5.41, 5.74) is 1.31. The molecule has 234 valence electrons. The number of aliphatic imine (C=N–C) groups is 1. The molecule has 5 rings (SSSR count). The predicted molar refractivity (Wildman–Crippen MR) is 167 cm³/mol. The van der Waals surface area contributed by atoms with Crippen LogP contribution in [0.4, 0.5) is 5.69 Å². The molecule has 3 heterocycles. The van der Waals surface area contributed by atoms with E-state index in [9.17, 15) is 19.2 Å². The minimum absolute atomic E-state index is 0.0255. The number of hydrogen-bond donors (Lipinski definition) is 2. The number of guanidine groups is 1. The molecule has 3 aliphatic heterocycles. The lowest BCUT2D eigenvalue weighted by molar-refractivity contribution is -0.140. The lowest BCUT2D eigenvalue weighted by Crippen LogP contribution is -2.47. The van der Waals surface area contributed by atoms with Gasteiger partial charge >= 0.3 is 0 Å². The highest BCUT2D eigenvalue weighted by Crippen LogP contribution is 2.21. The van der Waals surface area contributed by atoms with Crippen molar-refractivity contribution in [1.29, 1.82) is 0 Å². The Labute approximate surface area is 258 Å². The summed E-state index contributed by atoms with van der Waals surface area (Å²) in [6, 6.07) is 15.6. The van der Waals surface area contributed by atoms with Crippen LogP contribution < -0.4 is 15.4 Å². The first kappa shape index (κ1) is 31.0. The molecule has 3 fully saturated rings. The molecule has 0 unspecified atom stereocenters. The molecule has 2 N–H and O–H groups in total. The Hall–Kier alpha value is -4.41. The Morgan fingerprint density at radius 2 is 1.52 bits per heavy atom. The first-order chi connectivity index (χ1) is 21.4. The SMILES string of the molecule is COc1ccc(NC(=N[C@H]2CCCCN(CC(=O)N3CCCC3)C2=O)NC(=O)C2CCN(C(=O)c3ccccc3)CC2)cc1. The summed E-state index contributed by atoms with van der Waals surface area (Å²) in [5.74, 6) is 0.0954. The summed E-state index contributed by atoms with van der Waals surface area (Å²) in [6.07, 6.45) is 5.13. The van der Waals surface area contributed by atoms with E-state index in [0.29, 0.717) is 55.9 Å². The second kappa shape index (κ2) is 14.9. The fourth-order valence-electron chi connectivity index (χ4n) is 5.98. The second-order valence-corrected chi connectivity index (χ2v) is 11.6. The zero-order valence-electron chi connectivity index (χ0n) is 25.4. The molecule has 2 aromatic carbocycles. The molecule has 0 saturated carbocycles. The van der Waals surface area contributed by atoms with Crippen molar-refractivity contribution >= 4 is 35.3 Å². The molecule has 0 aromatic heterocycles. The van der Waals surface area contributed by atoms with E-state index in [0.717, 1.165) is 38.8 Å². The number of carbonyl (C=O) groups excluding carboxylic acids is 4. The summed E-state index contributed by atoms with van der Waals surface area (Å²) in [6.45, 7) is 3.00. The van der Waals surface area contributed by atoms with Crippen LogP contribution in [0.1, 0.15) is 55.3 Å². The number of piperidine rings is 1. The summed E-state index contributed by atoms with van der Waals surface area (Å²) < 4.78 is 5.26. The van der Waals surface area contributed by atoms with Gasteiger partial charge in [0.15, 0.2) is 0 Å². The van der Waals surface area contributed by atoms with Crippen LogP contribution in [0.25, 0.3) is 0 Å². The highest BCUT2D eigenvalue weighted by molar-refractivity contribution is 6.06. The third-order valence-electron chi connectivity index (χ3n) is 8.59. The van der Waals surface area contributed by atoms with Crippen LogP contribution >= 0.6 is 0 Å². The zero-order chi connectivity index (χ0) is 30.9. The second-order valence-electron chi connectivity index (χ2n) is 11.6. The van der Waals surface area contributed by atoms with E-state index in [1.165, 1.54) is 0 Å². The van der Waals surface area contributed by atoms with Crippen molar-refractivity contribution in [2.45, 2.75) is 51.0 Å². The van der Waals surface area contributed by atoms with Gasteiger partial charge < -0.3 is 24.8 Å². The molecule has 2 aromatic rings. The molecule has 11 heteroatoms. The number of nitrogens with one attached hydrogen (secondary N) is 2. The average molecular weight is 603 g/mol. The van der Waals surface area contributed by atoms with Crippen LogP contribution in [0.2, 0.25) is 0 Å². The Morgan fingerprint density at radius 1 is 0.841 bits per heavy atom. The van der Waals surface area contributed by atoms with Gasteiger partial charge in [-0.1, -0.05) is 18.2 Å². The molecule has 0 bridgehead atoms. The average Bonchev–Trinajstić information content (AvgIpc) is 3.55. The molecule has 11 nitrogen and oxygen atoms in total. The quantitative estimate of drug-likeness (QED) is 0.371. The van der Waals surface area contributed by atoms with Crippen molar-refractivity contribution in [2.24, 2.45) is 10.9 Å². The third kappa shape index (κ3) is 7.94. The van der Waals surface area contributed by atoms with Gasteiger partial charge in [0.1, 0.15) is 11.8 Å². The fraction of sp³-hybridized carbons (Fsp3) is 0.485. The number of amides is 4. The molecule has 0 spiro atoms. The molecule has 0 aliphatic carbocycles. The number of likely N-dealkylation sites (tertiary alicyclic amines) is 3. The summed E-state index contributed by atoms with van der Waals surface area (Å²) in [5, 5.41) is 6.14. The van der Waals surface area contributed by atoms with E-state index in [1.807, 2.05) is 35.2 Å². The third-order valence-corrected chi connectivity index (χ3v) is 8.59. The van der Waals surface area contributed by atoms with E-state index in [2.05, 4.69) is 10.6 Å². The van der Waals surface area contributed by atoms with E-state index < -0.39 is 6.04 Å². The largest absolute Gasteiger partial charge is 0.497 e. The Bertz CT molecular complexity index is 1330. The highest BCUT2D eigenvalue weighted by atomic mass is 16.5. The standard InChI is InChI=1S/C33H42N6O5/c1-44-27-14-12-26(13-15-27)34-33(35-28-11-5-6-20-39(32(28)43)23-29(40)37-18-7-8-19-37)36-30(41)24-16-21-38(22-17-24)31(42)25-9-3-2-4-10-25/h2-4,9-10,12-15,24,28H,5-8,11,16-23H2,1H3,(H2,34,35,36,41)/t28-/m0/s1. The number of rotatable bonds is 7. The normalized spacial score (nSPS) is 19.8. The van der Waals surface area contributed by atoms with Gasteiger partial charge in [0.2, 0.25) is 23.7 Å². The highest BCUT2D eigenvalue weighted by Gasteiger charge is 2.32. The van der Waals surface area contributed by atoms with Crippen molar-refractivity contribution in [3.05, 3.63) is 60.2 Å². The molecule has 3 aliphatic rings. The van der Waals surface area contributed by atoms with Gasteiger partial charge in [0.25, 0.3) is 5.91 Å². The van der Waals surface area contributed by atoms with Gasteiger partial charge in [-0.2, -0.15) is 0 Å². The van der Waals surface area contributed by atoms with Gasteiger partial charge in [-0.05, 0) is 81.3 Å². The van der Waals surface area contributed by atoms with E-state index in [-0.39, 0.29) is 42.1 Å². The topological polar surface area (TPSA) is 124 Å². The number of ether oxygens (including phenoxy) is 1. The maximum Gasteiger partial charge on any atom is 0.253 e. The van der Waals surface area contributed by atoms with Gasteiger partial charge in [0, 0.05) is 49.9 Å². The minimum Gasteiger partial charge on any atom is -0.497 e. The van der Waals surface area contributed by atoms with Crippen LogP contribution in [0.15, 0.2) is 59.6 Å². The van der Waals surface area contributed by atoms with Gasteiger partial charge in [-0.15, -0.1) is 0 Å². The zero-order valence-corrected chi connectivity index (χ0v) is 25.4. The molecule has 44 heavy (non-hydrogen) atoms. The van der Waals surface area contributed by atoms with E-state index in [1.54, 1.807) is 41.2 Å². The first-order valence-corrected chi connectivity index (χ1v) is 15.6. The van der Waals surface area contributed by atoms with Crippen molar-refractivity contribution in [3.8, 4) is 5.75 Å². The monoisotopic (exact) mass is 602 g/mol. The van der Waals surface area contributed by atoms with Crippen molar-refractivity contribution in [2.75, 3.05) is 51.7 Å². The molecule has 0 radical (unpaired) electrons. The summed E-state index contributed by atoms with van der Waals surface area (Å²) in [7, 11) is 1.59. The van der Waals surface area contributed by atoms with Crippen LogP contribution in [-0.4, -0.2) is 96.7 Å². The first-order valence-electron chi connectivity index (χ1n) is 15.6. The van der Waals surface area contributed by atoms with E-state index in [4.69, 9.17) is 9.73 Å². The van der Waals surface area contributed by atoms with Gasteiger partial charge in [0.05, 0.1) is 13.7 Å². The van der Waals surface area contributed by atoms with Crippen LogP contribution in [-0.2, 0) is 14.4 Å². The van der Waals surface area contributed by atoms with Gasteiger partial charge in [-0.25, -0.2) is 4.99 Å². The lowest BCUT2D eigenvalue weighted by atomic mass is 9.95. The Kier molecular flexibility index (Phi) is 10.5. The maximum absolute atomic E-state index is 13.6. The molecule has 1 atom stereocenters. The Balaban J connectivity index is 1.28. The molecular formula is C33H42N6O5. The van der Waals surface area contributed by atoms with Crippen molar-refractivity contribution < 1.29 is 23.9 Å². The van der Waals surface area contributed by atoms with Gasteiger partial charge in [-0.3, -0.25) is 24.5 Å². The minimum atomic E-state index is -0.727. The predicted octanol–water partition coefficient (Wildman–Crippen LogP) is 3.14. The fourth-order valence-corrected chi connectivity index (χ4v) is 5.98. The Morgan fingerprint density at radius 3 is 2.20 bits per heavy atom. The van der Waals surface area contributed by atoms with Crippen LogP contribution in [0.3, 0.4) is 0 Å². The molecule has 3 saturated heterocycles. The summed E-state index contributed by atoms with van der Waals surface area (Å²) in [4.78, 5) is 62.8. The lowest BCUT2D eigenvalue weighted by Gasteiger charge is -2.31. The molecule has 4 amide bonds. The van der Waals surface area contributed by atoms with Crippen LogP contribution in [0, 0.1) is 5.92 Å². The number of nitrogens with zero attached hydrogens (tertiary/aromatic N) is 4. The summed E-state index contributed by atoms with van der Waals surface area (Å²) >= 11 is 0. The number of hydrogen-bond acceptors (Lipinski definition) is 6. The maximum atomic E-state index is 13.6. The van der Waals surface area contributed by atoms with Crippen molar-refractivity contribution in [3.63, 3.8) is 0 Å². The van der Waals surface area contributed by atoms with Crippen molar-refractivity contribution in [1.82, 2.24) is 20.0 Å². The van der Waals surface area contributed by atoms with E-state index >= 15 is 0 Å². The number of methoxy groups -OCH3 is 1. The smallest absolute Gasteiger partial charge is 0.253 e.